The molecule has 2 aromatic carbocycles. The molecule has 0 aliphatic carbocycles. The van der Waals surface area contributed by atoms with Gasteiger partial charge < -0.3 is 15.5 Å². The molecular weight excluding hydrogens is 460 g/mol. The molecule has 0 aromatic heterocycles. The summed E-state index contributed by atoms with van der Waals surface area (Å²) in [6.45, 7) is 0.383. The molecule has 0 bridgehead atoms. The van der Waals surface area contributed by atoms with Crippen LogP contribution in [0, 0.1) is 17.6 Å². The third-order valence-electron chi connectivity index (χ3n) is 4.89. The fourth-order valence-corrected chi connectivity index (χ4v) is 3.63. The van der Waals surface area contributed by atoms with E-state index in [9.17, 15) is 23.2 Å². The smallest absolute Gasteiger partial charge is 0.256 e. The summed E-state index contributed by atoms with van der Waals surface area (Å²) in [5, 5.41) is 5.31. The Labute approximate surface area is 180 Å². The van der Waals surface area contributed by atoms with Crippen molar-refractivity contribution in [2.24, 2.45) is 5.92 Å². The van der Waals surface area contributed by atoms with Gasteiger partial charge in [-0.15, -0.1) is 0 Å². The lowest BCUT2D eigenvalue weighted by atomic mass is 9.95. The molecule has 2 N–H and O–H groups in total. The average molecular weight is 480 g/mol. The summed E-state index contributed by atoms with van der Waals surface area (Å²) in [6.07, 6.45) is 0.790. The van der Waals surface area contributed by atoms with Crippen molar-refractivity contribution in [2.45, 2.75) is 12.8 Å². The first-order valence-electron chi connectivity index (χ1n) is 9.41. The number of halogens is 3. The molecule has 6 nitrogen and oxygen atoms in total. The molecule has 30 heavy (non-hydrogen) atoms. The van der Waals surface area contributed by atoms with Crippen LogP contribution in [0.3, 0.4) is 0 Å². The fourth-order valence-electron chi connectivity index (χ4n) is 3.25. The predicted molar refractivity (Wildman–Crippen MR) is 111 cm³/mol. The van der Waals surface area contributed by atoms with E-state index in [1.165, 1.54) is 4.90 Å². The van der Waals surface area contributed by atoms with Gasteiger partial charge in [0.05, 0.1) is 17.8 Å². The molecule has 1 saturated heterocycles. The minimum absolute atomic E-state index is 0.167. The van der Waals surface area contributed by atoms with Crippen molar-refractivity contribution < 1.29 is 23.2 Å². The number of carbonyl (C=O) groups is 3. The van der Waals surface area contributed by atoms with Gasteiger partial charge in [0.25, 0.3) is 5.91 Å². The van der Waals surface area contributed by atoms with E-state index in [1.807, 2.05) is 6.07 Å². The molecule has 158 valence electrons. The molecule has 1 fully saturated rings. The van der Waals surface area contributed by atoms with Crippen LogP contribution in [0.4, 0.5) is 14.5 Å². The van der Waals surface area contributed by atoms with Gasteiger partial charge in [0, 0.05) is 29.5 Å². The van der Waals surface area contributed by atoms with E-state index in [2.05, 4.69) is 26.6 Å². The first kappa shape index (κ1) is 21.9. The molecule has 9 heteroatoms. The summed E-state index contributed by atoms with van der Waals surface area (Å²) in [6, 6.07) is 9.97. The predicted octanol–water partition coefficient (Wildman–Crippen LogP) is 3.33. The summed E-state index contributed by atoms with van der Waals surface area (Å²) < 4.78 is 27.6. The summed E-state index contributed by atoms with van der Waals surface area (Å²) in [7, 11) is 0. The van der Waals surface area contributed by atoms with Gasteiger partial charge in [-0.25, -0.2) is 8.78 Å². The van der Waals surface area contributed by atoms with Crippen LogP contribution in [0.25, 0.3) is 0 Å². The molecule has 0 spiro atoms. The van der Waals surface area contributed by atoms with E-state index in [1.54, 1.807) is 18.2 Å². The van der Waals surface area contributed by atoms with Gasteiger partial charge in [0.15, 0.2) is 0 Å². The summed E-state index contributed by atoms with van der Waals surface area (Å²) in [5.74, 6) is -3.14. The Morgan fingerprint density at radius 3 is 2.43 bits per heavy atom. The number of benzene rings is 2. The number of rotatable bonds is 5. The molecule has 0 radical (unpaired) electrons. The third kappa shape index (κ3) is 5.41. The van der Waals surface area contributed by atoms with Crippen molar-refractivity contribution in [1.29, 1.82) is 0 Å². The van der Waals surface area contributed by atoms with Crippen LogP contribution in [0.15, 0.2) is 46.9 Å². The average Bonchev–Trinajstić information content (AvgIpc) is 2.73. The van der Waals surface area contributed by atoms with Gasteiger partial charge in [-0.05, 0) is 53.0 Å². The van der Waals surface area contributed by atoms with E-state index in [0.29, 0.717) is 24.6 Å². The van der Waals surface area contributed by atoms with Crippen LogP contribution in [-0.2, 0) is 9.59 Å². The maximum absolute atomic E-state index is 13.8. The monoisotopic (exact) mass is 479 g/mol. The number of para-hydroxylation sites is 1. The molecule has 1 heterocycles. The van der Waals surface area contributed by atoms with Crippen LogP contribution in [0.5, 0.6) is 0 Å². The lowest BCUT2D eigenvalue weighted by Crippen LogP contribution is -2.44. The SMILES string of the molecule is O=C(CNC(=O)C1CCN(C(=O)c2ccc(F)cc2F)CC1)Nc1ccccc1Br. The number of likely N-dealkylation sites (tertiary alicyclic amines) is 1. The van der Waals surface area contributed by atoms with Crippen molar-refractivity contribution in [3.8, 4) is 0 Å². The molecule has 0 unspecified atom stereocenters. The lowest BCUT2D eigenvalue weighted by Gasteiger charge is -2.31. The molecule has 0 atom stereocenters. The van der Waals surface area contributed by atoms with Gasteiger partial charge in [0.2, 0.25) is 11.8 Å². The first-order chi connectivity index (χ1) is 14.3. The van der Waals surface area contributed by atoms with Crippen LogP contribution in [0.1, 0.15) is 23.2 Å². The summed E-state index contributed by atoms with van der Waals surface area (Å²) >= 11 is 3.33. The zero-order valence-electron chi connectivity index (χ0n) is 16.0. The molecule has 2 aromatic rings. The van der Waals surface area contributed by atoms with Crippen molar-refractivity contribution in [3.63, 3.8) is 0 Å². The molecule has 3 rings (SSSR count). The fraction of sp³-hybridized carbons (Fsp3) is 0.286. The third-order valence-corrected chi connectivity index (χ3v) is 5.58. The van der Waals surface area contributed by atoms with Crippen LogP contribution in [0.2, 0.25) is 0 Å². The van der Waals surface area contributed by atoms with Gasteiger partial charge in [0.1, 0.15) is 11.6 Å². The van der Waals surface area contributed by atoms with Gasteiger partial charge in [-0.1, -0.05) is 12.1 Å². The summed E-state index contributed by atoms with van der Waals surface area (Å²) in [5.41, 5.74) is 0.416. The van der Waals surface area contributed by atoms with E-state index in [4.69, 9.17) is 0 Å². The van der Waals surface area contributed by atoms with E-state index >= 15 is 0 Å². The van der Waals surface area contributed by atoms with Crippen molar-refractivity contribution >= 4 is 39.3 Å². The number of amides is 3. The Bertz CT molecular complexity index is 962. The van der Waals surface area contributed by atoms with Gasteiger partial charge >= 0.3 is 0 Å². The number of carbonyl (C=O) groups excluding carboxylic acids is 3. The number of nitrogens with one attached hydrogen (secondary N) is 2. The zero-order chi connectivity index (χ0) is 21.7. The lowest BCUT2D eigenvalue weighted by molar-refractivity contribution is -0.128. The second kappa shape index (κ2) is 9.80. The molecule has 1 aliphatic rings. The largest absolute Gasteiger partial charge is 0.347 e. The van der Waals surface area contributed by atoms with E-state index in [-0.39, 0.29) is 42.9 Å². The minimum atomic E-state index is -0.907. The van der Waals surface area contributed by atoms with E-state index in [0.717, 1.165) is 16.6 Å². The molecular formula is C21H20BrF2N3O3. The Balaban J connectivity index is 1.46. The Hall–Kier alpha value is -2.81. The molecule has 0 saturated carbocycles. The first-order valence-corrected chi connectivity index (χ1v) is 10.2. The number of nitrogens with zero attached hydrogens (tertiary/aromatic N) is 1. The number of piperidine rings is 1. The maximum Gasteiger partial charge on any atom is 0.256 e. The van der Waals surface area contributed by atoms with Gasteiger partial charge in [-0.2, -0.15) is 0 Å². The second-order valence-electron chi connectivity index (χ2n) is 6.94. The highest BCUT2D eigenvalue weighted by Gasteiger charge is 2.29. The normalized spacial score (nSPS) is 14.3. The maximum atomic E-state index is 13.8. The quantitative estimate of drug-likeness (QED) is 0.690. The highest BCUT2D eigenvalue weighted by atomic mass is 79.9. The minimum Gasteiger partial charge on any atom is -0.347 e. The van der Waals surface area contributed by atoms with Crippen molar-refractivity contribution in [3.05, 3.63) is 64.1 Å². The van der Waals surface area contributed by atoms with Crippen LogP contribution >= 0.6 is 15.9 Å². The topological polar surface area (TPSA) is 78.5 Å². The Kier molecular flexibility index (Phi) is 7.15. The zero-order valence-corrected chi connectivity index (χ0v) is 17.5. The standard InChI is InChI=1S/C21H20BrF2N3O3/c22-16-3-1-2-4-18(16)26-19(28)12-25-20(29)13-7-9-27(10-8-13)21(30)15-6-5-14(23)11-17(15)24/h1-6,11,13H,7-10,12H2,(H,25,29)(H,26,28). The number of anilines is 1. The molecule has 1 aliphatic heterocycles. The van der Waals surface area contributed by atoms with Crippen LogP contribution < -0.4 is 10.6 Å². The Morgan fingerprint density at radius 1 is 1.07 bits per heavy atom. The van der Waals surface area contributed by atoms with E-state index < -0.39 is 17.5 Å². The second-order valence-corrected chi connectivity index (χ2v) is 7.79. The van der Waals surface area contributed by atoms with Gasteiger partial charge in [-0.3, -0.25) is 14.4 Å². The van der Waals surface area contributed by atoms with Crippen LogP contribution in [-0.4, -0.2) is 42.3 Å². The number of hydrogen-bond acceptors (Lipinski definition) is 3. The van der Waals surface area contributed by atoms with Crippen molar-refractivity contribution in [1.82, 2.24) is 10.2 Å². The molecule has 3 amide bonds. The summed E-state index contributed by atoms with van der Waals surface area (Å²) in [4.78, 5) is 38.3. The highest BCUT2D eigenvalue weighted by molar-refractivity contribution is 9.10. The Morgan fingerprint density at radius 2 is 1.77 bits per heavy atom. The van der Waals surface area contributed by atoms with Crippen molar-refractivity contribution in [2.75, 3.05) is 25.0 Å². The number of hydrogen-bond donors (Lipinski definition) is 2. The highest BCUT2D eigenvalue weighted by Crippen LogP contribution is 2.22.